The molecule has 1 aromatic heterocycles. The van der Waals surface area contributed by atoms with Crippen molar-refractivity contribution in [3.8, 4) is 0 Å². The van der Waals surface area contributed by atoms with Gasteiger partial charge in [0.1, 0.15) is 0 Å². The van der Waals surface area contributed by atoms with Crippen LogP contribution in [-0.2, 0) is 0 Å². The Morgan fingerprint density at radius 3 is 2.71 bits per heavy atom. The van der Waals surface area contributed by atoms with Crippen LogP contribution in [0.1, 0.15) is 26.5 Å². The van der Waals surface area contributed by atoms with Crippen molar-refractivity contribution in [2.45, 2.75) is 4.90 Å². The number of thiol groups is 1. The van der Waals surface area contributed by atoms with Crippen molar-refractivity contribution in [3.05, 3.63) is 47.5 Å². The average molecular weight is 248 g/mol. The molecule has 0 bridgehead atoms. The number of nitrogens with one attached hydrogen (secondary N) is 1. The maximum absolute atomic E-state index is 12.0. The standard InChI is InChI=1S/C11H8N2O3S/c14-9(10-12-3-4-13-10)7-5-6(11(15)16)1-2-8(7)17/h1-5,17H,(H,12,13)(H,15,16). The maximum Gasteiger partial charge on any atom is 0.335 e. The number of imidazole rings is 1. The lowest BCUT2D eigenvalue weighted by Crippen LogP contribution is -2.07. The zero-order valence-electron chi connectivity index (χ0n) is 8.54. The molecule has 0 saturated heterocycles. The van der Waals surface area contributed by atoms with Crippen LogP contribution in [0.15, 0.2) is 35.5 Å². The van der Waals surface area contributed by atoms with Crippen molar-refractivity contribution in [2.75, 3.05) is 0 Å². The molecule has 2 aromatic rings. The normalized spacial score (nSPS) is 10.2. The van der Waals surface area contributed by atoms with Gasteiger partial charge < -0.3 is 10.1 Å². The first kappa shape index (κ1) is 11.4. The quantitative estimate of drug-likeness (QED) is 0.569. The minimum absolute atomic E-state index is 0.0395. The van der Waals surface area contributed by atoms with Crippen LogP contribution in [0.2, 0.25) is 0 Å². The molecular weight excluding hydrogens is 240 g/mol. The van der Waals surface area contributed by atoms with Gasteiger partial charge in [0.2, 0.25) is 5.78 Å². The van der Waals surface area contributed by atoms with Gasteiger partial charge in [-0.3, -0.25) is 4.79 Å². The number of rotatable bonds is 3. The first-order chi connectivity index (χ1) is 8.09. The van der Waals surface area contributed by atoms with Crippen molar-refractivity contribution >= 4 is 24.4 Å². The summed E-state index contributed by atoms with van der Waals surface area (Å²) in [6.45, 7) is 0. The summed E-state index contributed by atoms with van der Waals surface area (Å²) in [5.74, 6) is -1.32. The number of aromatic nitrogens is 2. The number of aromatic amines is 1. The van der Waals surface area contributed by atoms with Crippen molar-refractivity contribution in [1.29, 1.82) is 0 Å². The van der Waals surface area contributed by atoms with Crippen LogP contribution >= 0.6 is 12.6 Å². The molecule has 0 aliphatic rings. The molecule has 2 rings (SSSR count). The summed E-state index contributed by atoms with van der Waals surface area (Å²) in [5, 5.41) is 8.85. The molecule has 0 unspecified atom stereocenters. The second-order valence-corrected chi connectivity index (χ2v) is 3.79. The summed E-state index contributed by atoms with van der Waals surface area (Å²) in [7, 11) is 0. The van der Waals surface area contributed by atoms with Gasteiger partial charge in [-0.05, 0) is 18.2 Å². The smallest absolute Gasteiger partial charge is 0.335 e. The molecule has 17 heavy (non-hydrogen) atoms. The third kappa shape index (κ3) is 2.21. The predicted octanol–water partition coefficient (Wildman–Crippen LogP) is 1.63. The van der Waals surface area contributed by atoms with E-state index in [2.05, 4.69) is 22.6 Å². The Morgan fingerprint density at radius 2 is 2.12 bits per heavy atom. The average Bonchev–Trinajstić information content (AvgIpc) is 2.81. The largest absolute Gasteiger partial charge is 0.478 e. The maximum atomic E-state index is 12.0. The number of carboxylic acid groups (broad SMARTS) is 1. The molecule has 0 saturated carbocycles. The number of hydrogen-bond donors (Lipinski definition) is 3. The zero-order chi connectivity index (χ0) is 12.4. The molecule has 0 atom stereocenters. The van der Waals surface area contributed by atoms with Gasteiger partial charge >= 0.3 is 5.97 Å². The molecule has 1 heterocycles. The van der Waals surface area contributed by atoms with Gasteiger partial charge in [-0.25, -0.2) is 9.78 Å². The highest BCUT2D eigenvalue weighted by Crippen LogP contribution is 2.18. The van der Waals surface area contributed by atoms with Gasteiger partial charge in [-0.1, -0.05) is 0 Å². The Balaban J connectivity index is 2.48. The number of hydrogen-bond acceptors (Lipinski definition) is 4. The third-order valence-electron chi connectivity index (χ3n) is 2.20. The summed E-state index contributed by atoms with van der Waals surface area (Å²) >= 11 is 4.13. The lowest BCUT2D eigenvalue weighted by atomic mass is 10.1. The van der Waals surface area contributed by atoms with E-state index in [0.717, 1.165) is 0 Å². The molecule has 0 aliphatic carbocycles. The summed E-state index contributed by atoms with van der Waals surface area (Å²) in [5.41, 5.74) is 0.251. The number of aromatic carboxylic acids is 1. The Bertz CT molecular complexity index is 578. The number of carbonyl (C=O) groups is 2. The van der Waals surface area contributed by atoms with Crippen LogP contribution in [0.4, 0.5) is 0 Å². The molecule has 0 amide bonds. The van der Waals surface area contributed by atoms with Gasteiger partial charge in [0.25, 0.3) is 0 Å². The van der Waals surface area contributed by atoms with Crippen LogP contribution in [0.3, 0.4) is 0 Å². The minimum Gasteiger partial charge on any atom is -0.478 e. The zero-order valence-corrected chi connectivity index (χ0v) is 9.44. The van der Waals surface area contributed by atoms with Crippen molar-refractivity contribution in [2.24, 2.45) is 0 Å². The second-order valence-electron chi connectivity index (χ2n) is 3.30. The van der Waals surface area contributed by atoms with Crippen molar-refractivity contribution in [3.63, 3.8) is 0 Å². The highest BCUT2D eigenvalue weighted by Gasteiger charge is 2.16. The monoisotopic (exact) mass is 248 g/mol. The minimum atomic E-state index is -1.09. The van der Waals surface area contributed by atoms with E-state index in [9.17, 15) is 9.59 Å². The fourth-order valence-electron chi connectivity index (χ4n) is 1.37. The molecule has 0 spiro atoms. The number of ketones is 1. The van der Waals surface area contributed by atoms with Crippen molar-refractivity contribution in [1.82, 2.24) is 9.97 Å². The fourth-order valence-corrected chi connectivity index (χ4v) is 1.61. The summed E-state index contributed by atoms with van der Waals surface area (Å²) in [6.07, 6.45) is 2.97. The summed E-state index contributed by atoms with van der Waals surface area (Å²) < 4.78 is 0. The van der Waals surface area contributed by atoms with E-state index in [1.165, 1.54) is 30.6 Å². The van der Waals surface area contributed by atoms with Gasteiger partial charge in [0, 0.05) is 22.9 Å². The van der Waals surface area contributed by atoms with Crippen LogP contribution in [0.25, 0.3) is 0 Å². The van der Waals surface area contributed by atoms with E-state index < -0.39 is 5.97 Å². The molecule has 86 valence electrons. The summed E-state index contributed by atoms with van der Waals surface area (Å²) in [4.78, 5) is 29.7. The lowest BCUT2D eigenvalue weighted by Gasteiger charge is -2.03. The van der Waals surface area contributed by atoms with Crippen LogP contribution in [0.5, 0.6) is 0 Å². The molecule has 1 aromatic carbocycles. The number of nitrogens with zero attached hydrogens (tertiary/aromatic N) is 1. The number of benzene rings is 1. The van der Waals surface area contributed by atoms with E-state index >= 15 is 0 Å². The Kier molecular flexibility index (Phi) is 2.97. The number of H-pyrrole nitrogens is 1. The van der Waals surface area contributed by atoms with Crippen LogP contribution < -0.4 is 0 Å². The van der Waals surface area contributed by atoms with Gasteiger partial charge in [0.15, 0.2) is 5.82 Å². The molecular formula is C11H8N2O3S. The summed E-state index contributed by atoms with van der Waals surface area (Å²) in [6, 6.07) is 4.15. The molecule has 0 radical (unpaired) electrons. The fraction of sp³-hybridized carbons (Fsp3) is 0. The molecule has 0 fully saturated rings. The van der Waals surface area contributed by atoms with Crippen LogP contribution in [0, 0.1) is 0 Å². The number of carboxylic acids is 1. The Hall–Kier alpha value is -2.08. The number of carbonyl (C=O) groups excluding carboxylic acids is 1. The van der Waals surface area contributed by atoms with Gasteiger partial charge in [-0.15, -0.1) is 12.6 Å². The van der Waals surface area contributed by atoms with Crippen molar-refractivity contribution < 1.29 is 14.7 Å². The molecule has 0 aliphatic heterocycles. The first-order valence-corrected chi connectivity index (χ1v) is 5.14. The van der Waals surface area contributed by atoms with Gasteiger partial charge in [0.05, 0.1) is 5.56 Å². The first-order valence-electron chi connectivity index (χ1n) is 4.70. The highest BCUT2D eigenvalue weighted by molar-refractivity contribution is 7.80. The highest BCUT2D eigenvalue weighted by atomic mass is 32.1. The second kappa shape index (κ2) is 4.42. The molecule has 6 heteroatoms. The van der Waals surface area contributed by atoms with E-state index in [-0.39, 0.29) is 22.7 Å². The third-order valence-corrected chi connectivity index (χ3v) is 2.59. The van der Waals surface area contributed by atoms with E-state index in [0.29, 0.717) is 4.90 Å². The van der Waals surface area contributed by atoms with E-state index in [4.69, 9.17) is 5.11 Å². The van der Waals surface area contributed by atoms with E-state index in [1.807, 2.05) is 0 Å². The van der Waals surface area contributed by atoms with E-state index in [1.54, 1.807) is 0 Å². The Morgan fingerprint density at radius 1 is 1.35 bits per heavy atom. The van der Waals surface area contributed by atoms with Gasteiger partial charge in [-0.2, -0.15) is 0 Å². The molecule has 2 N–H and O–H groups in total. The topological polar surface area (TPSA) is 83.0 Å². The Labute approximate surface area is 102 Å². The molecule has 5 nitrogen and oxygen atoms in total. The SMILES string of the molecule is O=C(O)c1ccc(S)c(C(=O)c2ncc[nH]2)c1. The predicted molar refractivity (Wildman–Crippen MR) is 62.7 cm³/mol. The lowest BCUT2D eigenvalue weighted by molar-refractivity contribution is 0.0697. The van der Waals surface area contributed by atoms with Crippen LogP contribution in [-0.4, -0.2) is 26.8 Å².